The summed E-state index contributed by atoms with van der Waals surface area (Å²) in [7, 11) is 4.03. The van der Waals surface area contributed by atoms with E-state index in [2.05, 4.69) is 27.7 Å². The van der Waals surface area contributed by atoms with Gasteiger partial charge in [-0.3, -0.25) is 4.79 Å². The summed E-state index contributed by atoms with van der Waals surface area (Å²) in [4.78, 5) is 19.5. The van der Waals surface area contributed by atoms with Crippen molar-refractivity contribution in [3.05, 3.63) is 60.2 Å². The summed E-state index contributed by atoms with van der Waals surface area (Å²) >= 11 is -0.186. The average molecular weight is 489 g/mol. The van der Waals surface area contributed by atoms with Crippen LogP contribution in [-0.2, 0) is 0 Å². The molecule has 1 aromatic heterocycles. The number of hydrogen-bond donors (Lipinski definition) is 2. The topological polar surface area (TPSA) is 57.3 Å². The molecule has 1 heterocycles. The second-order valence-electron chi connectivity index (χ2n) is 8.68. The SMILES string of the molecule is CN(C)c1cc(N[C@H]2CC[C@@H](NC(=O)c3ccc(SC(F)(F)F)cc3)CC2)nc2ccccc12. The van der Waals surface area contributed by atoms with Crippen LogP contribution in [0.15, 0.2) is 59.5 Å². The van der Waals surface area contributed by atoms with Gasteiger partial charge in [0.15, 0.2) is 0 Å². The van der Waals surface area contributed by atoms with Crippen LogP contribution in [0.3, 0.4) is 0 Å². The molecular formula is C25H27F3N4OS. The van der Waals surface area contributed by atoms with E-state index in [1.807, 2.05) is 32.3 Å². The van der Waals surface area contributed by atoms with Crippen molar-refractivity contribution in [1.82, 2.24) is 10.3 Å². The fourth-order valence-electron chi connectivity index (χ4n) is 4.27. The molecule has 1 aliphatic rings. The molecule has 1 saturated carbocycles. The monoisotopic (exact) mass is 488 g/mol. The molecule has 0 unspecified atom stereocenters. The molecule has 0 atom stereocenters. The van der Waals surface area contributed by atoms with Crippen LogP contribution in [0, 0.1) is 0 Å². The molecule has 2 aromatic carbocycles. The van der Waals surface area contributed by atoms with Crippen LogP contribution in [0.5, 0.6) is 0 Å². The van der Waals surface area contributed by atoms with E-state index >= 15 is 0 Å². The molecule has 0 saturated heterocycles. The van der Waals surface area contributed by atoms with Crippen molar-refractivity contribution in [2.24, 2.45) is 0 Å². The summed E-state index contributed by atoms with van der Waals surface area (Å²) in [5.74, 6) is 0.582. The number of para-hydroxylation sites is 1. The lowest BCUT2D eigenvalue weighted by Crippen LogP contribution is -2.40. The number of carbonyl (C=O) groups is 1. The maximum Gasteiger partial charge on any atom is 0.446 e. The van der Waals surface area contributed by atoms with Gasteiger partial charge in [-0.2, -0.15) is 13.2 Å². The molecule has 9 heteroatoms. The summed E-state index contributed by atoms with van der Waals surface area (Å²) in [6.07, 6.45) is 3.41. The number of benzene rings is 2. The van der Waals surface area contributed by atoms with E-state index in [9.17, 15) is 18.0 Å². The summed E-state index contributed by atoms with van der Waals surface area (Å²) in [6, 6.07) is 16.0. The van der Waals surface area contributed by atoms with Crippen LogP contribution in [0.1, 0.15) is 36.0 Å². The van der Waals surface area contributed by atoms with Gasteiger partial charge >= 0.3 is 5.51 Å². The van der Waals surface area contributed by atoms with Crippen molar-refractivity contribution in [3.8, 4) is 0 Å². The Labute approximate surface area is 201 Å². The van der Waals surface area contributed by atoms with Crippen molar-refractivity contribution in [1.29, 1.82) is 0 Å². The van der Waals surface area contributed by atoms with Crippen molar-refractivity contribution < 1.29 is 18.0 Å². The Hall–Kier alpha value is -2.94. The third-order valence-corrected chi connectivity index (χ3v) is 6.68. The summed E-state index contributed by atoms with van der Waals surface area (Å²) < 4.78 is 37.4. The lowest BCUT2D eigenvalue weighted by Gasteiger charge is -2.30. The first kappa shape index (κ1) is 24.2. The maximum absolute atomic E-state index is 12.5. The van der Waals surface area contributed by atoms with Crippen molar-refractivity contribution >= 4 is 40.1 Å². The predicted octanol–water partition coefficient (Wildman–Crippen LogP) is 6.07. The smallest absolute Gasteiger partial charge is 0.377 e. The van der Waals surface area contributed by atoms with Crippen LogP contribution in [0.4, 0.5) is 24.7 Å². The Balaban J connectivity index is 1.32. The molecule has 3 aromatic rings. The molecule has 180 valence electrons. The number of carbonyl (C=O) groups excluding carboxylic acids is 1. The van der Waals surface area contributed by atoms with Gasteiger partial charge in [-0.1, -0.05) is 18.2 Å². The number of hydrogen-bond acceptors (Lipinski definition) is 5. The lowest BCUT2D eigenvalue weighted by atomic mass is 9.91. The Kier molecular flexibility index (Phi) is 7.21. The standard InChI is InChI=1S/C25H27F3N4OS/c1-32(2)22-15-23(31-21-6-4-3-5-20(21)22)29-17-9-11-18(12-10-17)30-24(33)16-7-13-19(14-8-16)34-25(26,27)28/h3-8,13-15,17-18H,9-12H2,1-2H3,(H,29,31)(H,30,33)/t17-,18+. The van der Waals surface area contributed by atoms with Gasteiger partial charge in [0.1, 0.15) is 5.82 Å². The number of nitrogens with zero attached hydrogens (tertiary/aromatic N) is 2. The summed E-state index contributed by atoms with van der Waals surface area (Å²) in [5, 5.41) is 7.68. The minimum absolute atomic E-state index is 0.0386. The fraction of sp³-hybridized carbons (Fsp3) is 0.360. The molecule has 34 heavy (non-hydrogen) atoms. The van der Waals surface area contributed by atoms with Crippen LogP contribution < -0.4 is 15.5 Å². The molecule has 1 amide bonds. The molecule has 4 rings (SSSR count). The summed E-state index contributed by atoms with van der Waals surface area (Å²) in [5.41, 5.74) is -1.93. The number of alkyl halides is 3. The number of amides is 1. The van der Waals surface area contributed by atoms with E-state index in [1.54, 1.807) is 0 Å². The Morgan fingerprint density at radius 3 is 2.29 bits per heavy atom. The quantitative estimate of drug-likeness (QED) is 0.413. The van der Waals surface area contributed by atoms with Crippen LogP contribution in [0.2, 0.25) is 0 Å². The van der Waals surface area contributed by atoms with Crippen molar-refractivity contribution in [2.45, 2.75) is 48.2 Å². The zero-order chi connectivity index (χ0) is 24.3. The van der Waals surface area contributed by atoms with E-state index in [-0.39, 0.29) is 34.6 Å². The molecule has 0 bridgehead atoms. The van der Waals surface area contributed by atoms with Gasteiger partial charge in [0.2, 0.25) is 0 Å². The maximum atomic E-state index is 12.5. The van der Waals surface area contributed by atoms with E-state index in [0.717, 1.165) is 48.1 Å². The number of halogens is 3. The largest absolute Gasteiger partial charge is 0.446 e. The predicted molar refractivity (Wildman–Crippen MR) is 132 cm³/mol. The second kappa shape index (κ2) is 10.1. The van der Waals surface area contributed by atoms with Gasteiger partial charge in [-0.25, -0.2) is 4.98 Å². The van der Waals surface area contributed by atoms with Gasteiger partial charge in [0.25, 0.3) is 5.91 Å². The highest BCUT2D eigenvalue weighted by Crippen LogP contribution is 2.36. The lowest BCUT2D eigenvalue weighted by molar-refractivity contribution is -0.0328. The third kappa shape index (κ3) is 6.14. The molecule has 1 fully saturated rings. The first-order chi connectivity index (χ1) is 16.2. The first-order valence-electron chi connectivity index (χ1n) is 11.2. The Morgan fingerprint density at radius 1 is 1.00 bits per heavy atom. The molecule has 0 spiro atoms. The van der Waals surface area contributed by atoms with E-state index < -0.39 is 5.51 Å². The van der Waals surface area contributed by atoms with Gasteiger partial charge in [-0.15, -0.1) is 0 Å². The summed E-state index contributed by atoms with van der Waals surface area (Å²) in [6.45, 7) is 0. The van der Waals surface area contributed by atoms with Crippen molar-refractivity contribution in [3.63, 3.8) is 0 Å². The highest BCUT2D eigenvalue weighted by Gasteiger charge is 2.29. The molecule has 0 aliphatic heterocycles. The molecule has 0 radical (unpaired) electrons. The third-order valence-electron chi connectivity index (χ3n) is 5.94. The second-order valence-corrected chi connectivity index (χ2v) is 9.82. The number of thioether (sulfide) groups is 1. The van der Waals surface area contributed by atoms with Crippen LogP contribution in [-0.4, -0.2) is 42.6 Å². The minimum Gasteiger partial charge on any atom is -0.377 e. The highest BCUT2D eigenvalue weighted by molar-refractivity contribution is 8.00. The number of aromatic nitrogens is 1. The molecule has 1 aliphatic carbocycles. The zero-order valence-corrected chi connectivity index (χ0v) is 19.8. The van der Waals surface area contributed by atoms with E-state index in [0.29, 0.717) is 5.56 Å². The normalized spacial score (nSPS) is 18.5. The Bertz CT molecular complexity index is 1140. The highest BCUT2D eigenvalue weighted by atomic mass is 32.2. The van der Waals surface area contributed by atoms with Crippen LogP contribution in [0.25, 0.3) is 10.9 Å². The fourth-order valence-corrected chi connectivity index (χ4v) is 4.81. The average Bonchev–Trinajstić information content (AvgIpc) is 2.79. The van der Waals surface area contributed by atoms with Gasteiger partial charge in [0, 0.05) is 53.8 Å². The Morgan fingerprint density at radius 2 is 1.65 bits per heavy atom. The van der Waals surface area contributed by atoms with Gasteiger partial charge in [-0.05, 0) is 67.8 Å². The number of anilines is 2. The molecular weight excluding hydrogens is 461 g/mol. The molecule has 2 N–H and O–H groups in total. The van der Waals surface area contributed by atoms with Crippen molar-refractivity contribution in [2.75, 3.05) is 24.3 Å². The van der Waals surface area contributed by atoms with Gasteiger partial charge < -0.3 is 15.5 Å². The number of nitrogens with one attached hydrogen (secondary N) is 2. The number of fused-ring (bicyclic) bond motifs is 1. The first-order valence-corrected chi connectivity index (χ1v) is 12.0. The van der Waals surface area contributed by atoms with Crippen LogP contribution >= 0.6 is 11.8 Å². The van der Waals surface area contributed by atoms with Gasteiger partial charge in [0.05, 0.1) is 5.52 Å². The number of rotatable bonds is 6. The number of pyridine rings is 1. The zero-order valence-electron chi connectivity index (χ0n) is 19.0. The van der Waals surface area contributed by atoms with E-state index in [1.165, 1.54) is 24.3 Å². The minimum atomic E-state index is -4.34. The molecule has 5 nitrogen and oxygen atoms in total. The van der Waals surface area contributed by atoms with E-state index in [4.69, 9.17) is 4.98 Å².